The van der Waals surface area contributed by atoms with Gasteiger partial charge in [-0.25, -0.2) is 9.59 Å². The van der Waals surface area contributed by atoms with Crippen LogP contribution in [0.1, 0.15) is 65.5 Å². The molecule has 0 radical (unpaired) electrons. The summed E-state index contributed by atoms with van der Waals surface area (Å²) in [7, 11) is 6.13. The normalized spacial score (nSPS) is 14.8. The third-order valence-electron chi connectivity index (χ3n) is 16.9. The summed E-state index contributed by atoms with van der Waals surface area (Å²) in [6, 6.07) is 62.2. The molecule has 96 heavy (non-hydrogen) atoms. The second kappa shape index (κ2) is 26.5. The predicted octanol–water partition coefficient (Wildman–Crippen LogP) is 17.6. The molecule has 0 amide bonds. The maximum atomic E-state index is 17.2. The van der Waals surface area contributed by atoms with Gasteiger partial charge >= 0.3 is 25.9 Å². The highest BCUT2D eigenvalue weighted by atomic mass is 35.5. The van der Waals surface area contributed by atoms with E-state index < -0.39 is 25.9 Å². The number of nitrogens with zero attached hydrogens (tertiary/aromatic N) is 4. The van der Waals surface area contributed by atoms with Crippen LogP contribution >= 0.6 is 46.4 Å². The fourth-order valence-electron chi connectivity index (χ4n) is 12.4. The van der Waals surface area contributed by atoms with Crippen LogP contribution in [0.5, 0.6) is 23.0 Å². The van der Waals surface area contributed by atoms with E-state index in [0.717, 1.165) is 29.1 Å². The van der Waals surface area contributed by atoms with Gasteiger partial charge in [0.2, 0.25) is 0 Å². The zero-order chi connectivity index (χ0) is 67.2. The molecule has 8 aromatic carbocycles. The van der Waals surface area contributed by atoms with Crippen molar-refractivity contribution in [2.75, 3.05) is 28.4 Å². The highest BCUT2D eigenvalue weighted by molar-refractivity contribution is 6.62. The van der Waals surface area contributed by atoms with Gasteiger partial charge in [-0.2, -0.15) is 0 Å². The molecule has 22 heteroatoms. The molecular formula is C74H54B2Cl4F4N4O8. The topological polar surface area (TPSA) is 105 Å². The van der Waals surface area contributed by atoms with Gasteiger partial charge in [0.15, 0.2) is 22.8 Å². The van der Waals surface area contributed by atoms with Gasteiger partial charge in [0.05, 0.1) is 60.8 Å². The Morgan fingerprint density at radius 1 is 0.396 bits per heavy atom. The maximum Gasteiger partial charge on any atom is 0.738 e. The van der Waals surface area contributed by atoms with Crippen LogP contribution in [0, 0.1) is 0 Å². The van der Waals surface area contributed by atoms with E-state index in [1.165, 1.54) is 28.4 Å². The summed E-state index contributed by atoms with van der Waals surface area (Å²) >= 11 is 27.2. The molecule has 10 aromatic rings. The first-order valence-electron chi connectivity index (χ1n) is 30.1. The van der Waals surface area contributed by atoms with E-state index in [9.17, 15) is 9.59 Å². The molecule has 0 atom stereocenters. The van der Waals surface area contributed by atoms with Crippen molar-refractivity contribution in [3.05, 3.63) is 318 Å². The summed E-state index contributed by atoms with van der Waals surface area (Å²) in [6.07, 6.45) is 3.09. The number of hydrogen-bond acceptors (Lipinski definition) is 8. The van der Waals surface area contributed by atoms with E-state index in [2.05, 4.69) is 0 Å². The Balaban J connectivity index is 0.000000174. The number of rotatable bonds is 16. The number of halogens is 8. The van der Waals surface area contributed by atoms with Crippen molar-refractivity contribution < 1.29 is 64.2 Å². The van der Waals surface area contributed by atoms with Gasteiger partial charge in [0, 0.05) is 46.1 Å². The molecule has 4 aliphatic rings. The number of benzene rings is 8. The summed E-state index contributed by atoms with van der Waals surface area (Å²) < 4.78 is 105. The maximum absolute atomic E-state index is 17.2. The van der Waals surface area contributed by atoms with E-state index in [-0.39, 0.29) is 78.9 Å². The Morgan fingerprint density at radius 2 is 0.688 bits per heavy atom. The third-order valence-corrected chi connectivity index (χ3v) is 18.1. The molecule has 0 N–H and O–H groups in total. The van der Waals surface area contributed by atoms with Gasteiger partial charge in [-0.1, -0.05) is 131 Å². The van der Waals surface area contributed by atoms with Gasteiger partial charge in [-0.15, -0.1) is 0 Å². The Morgan fingerprint density at radius 3 is 0.990 bits per heavy atom. The molecule has 0 aliphatic carbocycles. The highest BCUT2D eigenvalue weighted by Gasteiger charge is 2.58. The highest BCUT2D eigenvalue weighted by Crippen LogP contribution is 2.50. The monoisotopic (exact) mass is 1360 g/mol. The standard InChI is InChI=1S/2C37H27BCl2F2N2O4/c2*1-46-28-16-12-25(13-17-28)35-30(39)20-32-34(24-8-10-27(11-9-24)37(45)48-22-23-6-4-3-5-7-23)33-21-31(40)36(44(33)38(41,42)43(32)35)26-14-18-29(47-2)19-15-26/h2*3-21H,22H2,1-2H3. The van der Waals surface area contributed by atoms with Crippen LogP contribution in [0.25, 0.3) is 33.7 Å². The van der Waals surface area contributed by atoms with Crippen molar-refractivity contribution in [3.63, 3.8) is 0 Å². The van der Waals surface area contributed by atoms with Crippen LogP contribution < -0.4 is 18.9 Å². The van der Waals surface area contributed by atoms with E-state index in [1.54, 1.807) is 170 Å². The number of allylic oxidation sites excluding steroid dienone is 4. The summed E-state index contributed by atoms with van der Waals surface area (Å²) in [5.41, 5.74) is 7.80. The molecule has 0 fully saturated rings. The van der Waals surface area contributed by atoms with Crippen molar-refractivity contribution in [2.45, 2.75) is 13.2 Å². The van der Waals surface area contributed by atoms with Crippen LogP contribution in [-0.2, 0) is 22.7 Å². The quantitative estimate of drug-likeness (QED) is 0.0535. The van der Waals surface area contributed by atoms with Gasteiger partial charge in [-0.05, 0) is 167 Å². The molecule has 6 heterocycles. The van der Waals surface area contributed by atoms with Crippen molar-refractivity contribution in [1.82, 2.24) is 8.96 Å². The molecule has 4 aliphatic heterocycles. The van der Waals surface area contributed by atoms with Gasteiger partial charge in [-0.3, -0.25) is 0 Å². The number of hydrogen-bond donors (Lipinski definition) is 0. The molecule has 14 rings (SSSR count). The minimum absolute atomic E-state index is 0.121. The summed E-state index contributed by atoms with van der Waals surface area (Å²) in [5, 5.41) is 0.604. The van der Waals surface area contributed by atoms with Crippen LogP contribution in [-0.4, -0.2) is 83.7 Å². The number of carbonyl (C=O) groups is 2. The average Bonchev–Trinajstić information content (AvgIpc) is 1.48. The van der Waals surface area contributed by atoms with E-state index >= 15 is 17.3 Å². The Bertz CT molecular complexity index is 4600. The van der Waals surface area contributed by atoms with Crippen LogP contribution in [0.3, 0.4) is 0 Å². The minimum atomic E-state index is -4.54. The SMILES string of the molecule is COc1ccc(C2=[N+]3C(=C(c4ccc(C(=O)OCc5ccccc5)cc4)c4cc(Cl)c(-c5ccc(OC)cc5)n4[B-]3(F)F)C=C2Cl)cc1.COc1ccc(C2=[N+]3C(=C(c4ccc(C(=O)OCc5ccccc5)cc4)c4cc(Cl)c(-c5ccc(OC)cc5)n4[B-]3(F)F)C=C2Cl)cc1. The number of carbonyl (C=O) groups excluding carboxylic acids is 2. The molecular weight excluding hydrogens is 1310 g/mol. The first-order chi connectivity index (χ1) is 46.4. The third kappa shape index (κ3) is 11.9. The zero-order valence-corrected chi connectivity index (χ0v) is 54.6. The largest absolute Gasteiger partial charge is 0.738 e. The minimum Gasteiger partial charge on any atom is -0.497 e. The molecule has 2 aromatic heterocycles. The smallest absolute Gasteiger partial charge is 0.497 e. The van der Waals surface area contributed by atoms with Crippen LogP contribution in [0.15, 0.2) is 252 Å². The van der Waals surface area contributed by atoms with E-state index in [1.807, 2.05) is 60.7 Å². The number of fused-ring (bicyclic) bond motifs is 4. The van der Waals surface area contributed by atoms with Crippen molar-refractivity contribution in [1.29, 1.82) is 0 Å². The fraction of sp³-hybridized carbons (Fsp3) is 0.0811. The molecule has 0 saturated heterocycles. The average molecular weight is 1370 g/mol. The lowest BCUT2D eigenvalue weighted by atomic mass is 9.85. The van der Waals surface area contributed by atoms with E-state index in [0.29, 0.717) is 78.7 Å². The van der Waals surface area contributed by atoms with Gasteiger partial charge < -0.3 is 63.6 Å². The lowest BCUT2D eigenvalue weighted by Gasteiger charge is -2.33. The molecule has 0 unspecified atom stereocenters. The second-order valence-corrected chi connectivity index (χ2v) is 24.1. The summed E-state index contributed by atoms with van der Waals surface area (Å²) in [6.45, 7) is -8.84. The number of aromatic nitrogens is 2. The van der Waals surface area contributed by atoms with Gasteiger partial charge in [0.1, 0.15) is 46.3 Å². The lowest BCUT2D eigenvalue weighted by molar-refractivity contribution is -0.361. The predicted molar refractivity (Wildman–Crippen MR) is 368 cm³/mol. The number of esters is 2. The van der Waals surface area contributed by atoms with Crippen LogP contribution in [0.4, 0.5) is 17.3 Å². The first kappa shape index (κ1) is 64.5. The van der Waals surface area contributed by atoms with Crippen LogP contribution in [0.2, 0.25) is 10.0 Å². The Kier molecular flexibility index (Phi) is 17.8. The molecule has 12 nitrogen and oxygen atoms in total. The van der Waals surface area contributed by atoms with Crippen molar-refractivity contribution in [3.8, 4) is 45.5 Å². The van der Waals surface area contributed by atoms with E-state index in [4.69, 9.17) is 74.8 Å². The summed E-state index contributed by atoms with van der Waals surface area (Å²) in [5.74, 6) is 1.30. The van der Waals surface area contributed by atoms with Crippen molar-refractivity contribution in [2.24, 2.45) is 0 Å². The number of ether oxygens (including phenoxy) is 6. The summed E-state index contributed by atoms with van der Waals surface area (Å²) in [4.78, 5) is 25.8. The van der Waals surface area contributed by atoms with Crippen molar-refractivity contribution >= 4 is 94.9 Å². The number of methoxy groups -OCH3 is 4. The zero-order valence-electron chi connectivity index (χ0n) is 51.6. The van der Waals surface area contributed by atoms with Gasteiger partial charge in [0.25, 0.3) is 0 Å². The Hall–Kier alpha value is -10.2. The fourth-order valence-corrected chi connectivity index (χ4v) is 13.6. The molecule has 0 spiro atoms. The lowest BCUT2D eigenvalue weighted by Crippen LogP contribution is -2.51. The Labute approximate surface area is 569 Å². The molecule has 0 saturated carbocycles. The first-order valence-corrected chi connectivity index (χ1v) is 31.6. The molecule has 0 bridgehead atoms. The second-order valence-electron chi connectivity index (χ2n) is 22.5. The molecule has 480 valence electrons.